The lowest BCUT2D eigenvalue weighted by Crippen LogP contribution is -2.16. The number of rotatable bonds is 2. The number of aromatic nitrogens is 1. The number of hydrogen-bond acceptors (Lipinski definition) is 3. The molecule has 86 valence electrons. The highest BCUT2D eigenvalue weighted by atomic mass is 15.1. The van der Waals surface area contributed by atoms with Crippen LogP contribution in [-0.4, -0.2) is 9.88 Å². The van der Waals surface area contributed by atoms with Gasteiger partial charge in [-0.05, 0) is 23.3 Å². The number of nitrogens with two attached hydrogens (primary N) is 1. The average Bonchev–Trinajstić information content (AvgIpc) is 2.71. The number of nitrogens with zero attached hydrogens (tertiary/aromatic N) is 2. The van der Waals surface area contributed by atoms with Gasteiger partial charge in [0.25, 0.3) is 0 Å². The second-order valence-corrected chi connectivity index (χ2v) is 4.47. The second-order valence-electron chi connectivity index (χ2n) is 4.47. The average molecular weight is 225 g/mol. The van der Waals surface area contributed by atoms with Gasteiger partial charge in [0.15, 0.2) is 0 Å². The van der Waals surface area contributed by atoms with Crippen LogP contribution in [0.5, 0.6) is 0 Å². The van der Waals surface area contributed by atoms with E-state index in [0.29, 0.717) is 5.82 Å². The van der Waals surface area contributed by atoms with E-state index in [4.69, 9.17) is 5.73 Å². The van der Waals surface area contributed by atoms with E-state index in [0.717, 1.165) is 25.3 Å². The van der Waals surface area contributed by atoms with E-state index in [-0.39, 0.29) is 0 Å². The van der Waals surface area contributed by atoms with Crippen LogP contribution < -0.4 is 5.73 Å². The molecule has 0 saturated heterocycles. The Labute approximate surface area is 101 Å². The number of hydrogen-bond donors (Lipinski definition) is 1. The zero-order valence-corrected chi connectivity index (χ0v) is 9.63. The van der Waals surface area contributed by atoms with Crippen LogP contribution in [0.15, 0.2) is 42.5 Å². The maximum Gasteiger partial charge on any atom is 0.123 e. The van der Waals surface area contributed by atoms with E-state index < -0.39 is 0 Å². The van der Waals surface area contributed by atoms with Gasteiger partial charge in [0, 0.05) is 19.6 Å². The first-order valence-corrected chi connectivity index (χ1v) is 5.82. The lowest BCUT2D eigenvalue weighted by atomic mass is 10.1. The number of fused-ring (bicyclic) bond motifs is 1. The van der Waals surface area contributed by atoms with Gasteiger partial charge in [-0.3, -0.25) is 4.90 Å². The largest absolute Gasteiger partial charge is 0.384 e. The van der Waals surface area contributed by atoms with Crippen molar-refractivity contribution in [2.75, 3.05) is 5.73 Å². The number of benzene rings is 1. The Hall–Kier alpha value is -1.87. The molecule has 17 heavy (non-hydrogen) atoms. The number of anilines is 1. The van der Waals surface area contributed by atoms with Gasteiger partial charge in [0.1, 0.15) is 5.82 Å². The summed E-state index contributed by atoms with van der Waals surface area (Å²) in [6.45, 7) is 2.87. The summed E-state index contributed by atoms with van der Waals surface area (Å²) in [6.07, 6.45) is 0. The normalized spacial score (nSPS) is 14.8. The Bertz CT molecular complexity index is 511. The van der Waals surface area contributed by atoms with Gasteiger partial charge in [0.2, 0.25) is 0 Å². The molecule has 0 unspecified atom stereocenters. The third-order valence-electron chi connectivity index (χ3n) is 3.12. The van der Waals surface area contributed by atoms with E-state index in [1.807, 2.05) is 18.2 Å². The summed E-state index contributed by atoms with van der Waals surface area (Å²) in [6, 6.07) is 14.4. The topological polar surface area (TPSA) is 42.1 Å². The standard InChI is InChI=1S/C14H15N3/c15-14-7-3-6-13(16-14)10-17-8-11-4-1-2-5-12(11)9-17/h1-7H,8-10H2,(H2,15,16). The Kier molecular flexibility index (Phi) is 2.53. The summed E-state index contributed by atoms with van der Waals surface area (Å²) in [5.74, 6) is 0.596. The third kappa shape index (κ3) is 2.15. The predicted octanol–water partition coefficient (Wildman–Crippen LogP) is 2.18. The van der Waals surface area contributed by atoms with Gasteiger partial charge in [-0.1, -0.05) is 30.3 Å². The van der Waals surface area contributed by atoms with Gasteiger partial charge in [0.05, 0.1) is 5.69 Å². The Morgan fingerprint density at radius 1 is 1.00 bits per heavy atom. The quantitative estimate of drug-likeness (QED) is 0.851. The van der Waals surface area contributed by atoms with Crippen molar-refractivity contribution in [2.45, 2.75) is 19.6 Å². The van der Waals surface area contributed by atoms with Crippen LogP contribution in [0.4, 0.5) is 5.82 Å². The first kappa shape index (κ1) is 10.3. The molecule has 0 saturated carbocycles. The van der Waals surface area contributed by atoms with Crippen molar-refractivity contribution < 1.29 is 0 Å². The molecule has 0 fully saturated rings. The molecule has 2 aromatic rings. The van der Waals surface area contributed by atoms with Gasteiger partial charge in [-0.2, -0.15) is 0 Å². The summed E-state index contributed by atoms with van der Waals surface area (Å²) in [5, 5.41) is 0. The molecule has 0 spiro atoms. The highest BCUT2D eigenvalue weighted by Gasteiger charge is 2.18. The van der Waals surface area contributed by atoms with Crippen molar-refractivity contribution in [3.8, 4) is 0 Å². The van der Waals surface area contributed by atoms with Crippen LogP contribution >= 0.6 is 0 Å². The van der Waals surface area contributed by atoms with Crippen LogP contribution in [0.25, 0.3) is 0 Å². The fourth-order valence-electron chi connectivity index (χ4n) is 2.33. The van der Waals surface area contributed by atoms with Crippen LogP contribution in [0, 0.1) is 0 Å². The molecule has 1 aliphatic heterocycles. The predicted molar refractivity (Wildman–Crippen MR) is 68.0 cm³/mol. The lowest BCUT2D eigenvalue weighted by Gasteiger charge is -2.14. The van der Waals surface area contributed by atoms with Crippen LogP contribution in [0.1, 0.15) is 16.8 Å². The SMILES string of the molecule is Nc1cccc(CN2Cc3ccccc3C2)n1. The van der Waals surface area contributed by atoms with Gasteiger partial charge in [-0.15, -0.1) is 0 Å². The molecular formula is C14H15N3. The minimum Gasteiger partial charge on any atom is -0.384 e. The molecule has 2 N–H and O–H groups in total. The van der Waals surface area contributed by atoms with E-state index >= 15 is 0 Å². The van der Waals surface area contributed by atoms with Gasteiger partial charge >= 0.3 is 0 Å². The van der Waals surface area contributed by atoms with Crippen LogP contribution in [-0.2, 0) is 19.6 Å². The van der Waals surface area contributed by atoms with Crippen molar-refractivity contribution >= 4 is 5.82 Å². The number of pyridine rings is 1. The molecule has 0 aliphatic carbocycles. The van der Waals surface area contributed by atoms with Crippen LogP contribution in [0.2, 0.25) is 0 Å². The van der Waals surface area contributed by atoms with Crippen molar-refractivity contribution in [1.82, 2.24) is 9.88 Å². The Morgan fingerprint density at radius 2 is 1.71 bits per heavy atom. The smallest absolute Gasteiger partial charge is 0.123 e. The first-order chi connectivity index (χ1) is 8.31. The third-order valence-corrected chi connectivity index (χ3v) is 3.12. The van der Waals surface area contributed by atoms with Crippen molar-refractivity contribution in [2.24, 2.45) is 0 Å². The molecule has 0 bridgehead atoms. The summed E-state index contributed by atoms with van der Waals surface area (Å²) in [5.41, 5.74) is 9.58. The lowest BCUT2D eigenvalue weighted by molar-refractivity contribution is 0.272. The molecule has 0 atom stereocenters. The van der Waals surface area contributed by atoms with Crippen molar-refractivity contribution in [3.05, 3.63) is 59.3 Å². The molecule has 1 aromatic carbocycles. The molecule has 2 heterocycles. The molecule has 0 radical (unpaired) electrons. The molecule has 0 amide bonds. The Balaban J connectivity index is 1.74. The highest BCUT2D eigenvalue weighted by molar-refractivity contribution is 5.31. The minimum absolute atomic E-state index is 0.596. The van der Waals surface area contributed by atoms with Gasteiger partial charge < -0.3 is 5.73 Å². The van der Waals surface area contributed by atoms with E-state index in [1.165, 1.54) is 11.1 Å². The molecule has 1 aromatic heterocycles. The summed E-state index contributed by atoms with van der Waals surface area (Å²) >= 11 is 0. The monoisotopic (exact) mass is 225 g/mol. The maximum atomic E-state index is 5.69. The molecule has 1 aliphatic rings. The molecular weight excluding hydrogens is 210 g/mol. The van der Waals surface area contributed by atoms with E-state index in [2.05, 4.69) is 34.1 Å². The summed E-state index contributed by atoms with van der Waals surface area (Å²) in [4.78, 5) is 6.72. The van der Waals surface area contributed by atoms with Crippen molar-refractivity contribution in [1.29, 1.82) is 0 Å². The van der Waals surface area contributed by atoms with Crippen molar-refractivity contribution in [3.63, 3.8) is 0 Å². The fourth-order valence-corrected chi connectivity index (χ4v) is 2.33. The number of nitrogen functional groups attached to an aromatic ring is 1. The zero-order chi connectivity index (χ0) is 11.7. The zero-order valence-electron chi connectivity index (χ0n) is 9.63. The van der Waals surface area contributed by atoms with E-state index in [9.17, 15) is 0 Å². The molecule has 3 heteroatoms. The highest BCUT2D eigenvalue weighted by Crippen LogP contribution is 2.23. The Morgan fingerprint density at radius 3 is 2.35 bits per heavy atom. The van der Waals surface area contributed by atoms with Crippen LogP contribution in [0.3, 0.4) is 0 Å². The molecule has 3 rings (SSSR count). The minimum atomic E-state index is 0.596. The van der Waals surface area contributed by atoms with E-state index in [1.54, 1.807) is 0 Å². The first-order valence-electron chi connectivity index (χ1n) is 5.82. The van der Waals surface area contributed by atoms with Gasteiger partial charge in [-0.25, -0.2) is 4.98 Å². The second kappa shape index (κ2) is 4.18. The maximum absolute atomic E-state index is 5.69. The fraction of sp³-hybridized carbons (Fsp3) is 0.214. The summed E-state index contributed by atoms with van der Waals surface area (Å²) in [7, 11) is 0. The summed E-state index contributed by atoms with van der Waals surface area (Å²) < 4.78 is 0. The molecule has 3 nitrogen and oxygen atoms in total.